The fourth-order valence-electron chi connectivity index (χ4n) is 1.78. The summed E-state index contributed by atoms with van der Waals surface area (Å²) >= 11 is 0. The quantitative estimate of drug-likeness (QED) is 0.523. The highest BCUT2D eigenvalue weighted by Gasteiger charge is 2.36. The molecule has 98 valence electrons. The van der Waals surface area contributed by atoms with Gasteiger partial charge in [0.05, 0.1) is 13.2 Å². The maximum atomic E-state index is 11.9. The number of aliphatic hydroxyl groups is 2. The number of nitrogens with zero attached hydrogens (tertiary/aromatic N) is 1. The first-order valence-electron chi connectivity index (χ1n) is 5.49. The van der Waals surface area contributed by atoms with E-state index in [0.717, 1.165) is 0 Å². The summed E-state index contributed by atoms with van der Waals surface area (Å²) in [5.74, 6) is -1.45. The molecule has 0 unspecified atom stereocenters. The van der Waals surface area contributed by atoms with Crippen LogP contribution in [-0.4, -0.2) is 70.6 Å². The van der Waals surface area contributed by atoms with Crippen LogP contribution in [-0.2, 0) is 14.3 Å². The summed E-state index contributed by atoms with van der Waals surface area (Å²) in [6.07, 6.45) is -1.07. The van der Waals surface area contributed by atoms with E-state index in [1.54, 1.807) is 0 Å². The Morgan fingerprint density at radius 1 is 1.12 bits per heavy atom. The van der Waals surface area contributed by atoms with Crippen molar-refractivity contribution >= 4 is 11.9 Å². The highest BCUT2D eigenvalue weighted by atomic mass is 16.5. The molecular formula is C10H17NO6. The fraction of sp³-hybridized carbons (Fsp3) is 0.800. The number of rotatable bonds is 6. The second-order valence-electron chi connectivity index (χ2n) is 3.80. The number of ether oxygens (including phenoxy) is 1. The number of carbonyl (C=O) groups excluding carboxylic acids is 1. The Bertz CT molecular complexity index is 276. The molecule has 1 amide bonds. The Morgan fingerprint density at radius 2 is 1.65 bits per heavy atom. The van der Waals surface area contributed by atoms with Gasteiger partial charge in [0.1, 0.15) is 6.10 Å². The molecule has 1 aliphatic heterocycles. The Kier molecular flexibility index (Phi) is 5.33. The molecule has 0 radical (unpaired) electrons. The second kappa shape index (κ2) is 6.53. The largest absolute Gasteiger partial charge is 0.479 e. The van der Waals surface area contributed by atoms with E-state index in [-0.39, 0.29) is 32.2 Å². The van der Waals surface area contributed by atoms with Crippen LogP contribution in [0.4, 0.5) is 0 Å². The monoisotopic (exact) mass is 247 g/mol. The summed E-state index contributed by atoms with van der Waals surface area (Å²) in [6.45, 7) is -0.199. The zero-order valence-corrected chi connectivity index (χ0v) is 9.41. The van der Waals surface area contributed by atoms with Gasteiger partial charge in [-0.15, -0.1) is 0 Å². The Morgan fingerprint density at radius 3 is 2.06 bits per heavy atom. The third-order valence-corrected chi connectivity index (χ3v) is 2.62. The smallest absolute Gasteiger partial charge is 0.332 e. The van der Waals surface area contributed by atoms with Gasteiger partial charge in [-0.25, -0.2) is 4.79 Å². The summed E-state index contributed by atoms with van der Waals surface area (Å²) in [5.41, 5.74) is 0. The average molecular weight is 247 g/mol. The lowest BCUT2D eigenvalue weighted by Crippen LogP contribution is -2.42. The molecule has 0 aromatic rings. The minimum Gasteiger partial charge on any atom is -0.479 e. The normalized spacial score (nSPS) is 23.6. The number of hydrogen-bond acceptors (Lipinski definition) is 5. The molecule has 1 heterocycles. The molecule has 0 saturated carbocycles. The molecule has 0 aromatic carbocycles. The lowest BCUT2D eigenvalue weighted by molar-refractivity contribution is -0.155. The summed E-state index contributed by atoms with van der Waals surface area (Å²) in [5, 5.41) is 26.3. The van der Waals surface area contributed by atoms with Crippen molar-refractivity contribution in [2.45, 2.75) is 25.0 Å². The second-order valence-corrected chi connectivity index (χ2v) is 3.80. The van der Waals surface area contributed by atoms with Crippen molar-refractivity contribution in [2.75, 3.05) is 26.3 Å². The van der Waals surface area contributed by atoms with E-state index in [2.05, 4.69) is 0 Å². The predicted molar refractivity (Wildman–Crippen MR) is 56.3 cm³/mol. The highest BCUT2D eigenvalue weighted by molar-refractivity contribution is 5.82. The standard InChI is InChI=1S/C10H17NO6/c12-5-3-11(4-6-13)9(14)7-1-2-8(17-7)10(15)16/h7-8,12-13H,1-6H2,(H,15,16)/t7-,8+/m0/s1. The number of aliphatic carboxylic acids is 1. The van der Waals surface area contributed by atoms with E-state index in [4.69, 9.17) is 20.1 Å². The molecular weight excluding hydrogens is 230 g/mol. The van der Waals surface area contributed by atoms with Gasteiger partial charge in [0.15, 0.2) is 6.10 Å². The predicted octanol–water partition coefficient (Wildman–Crippen LogP) is -1.57. The van der Waals surface area contributed by atoms with Crippen LogP contribution in [0.15, 0.2) is 0 Å². The molecule has 0 aliphatic carbocycles. The number of amides is 1. The van der Waals surface area contributed by atoms with Crippen molar-refractivity contribution in [1.82, 2.24) is 4.90 Å². The Balaban J connectivity index is 2.54. The zero-order valence-electron chi connectivity index (χ0n) is 9.41. The van der Waals surface area contributed by atoms with Crippen molar-refractivity contribution in [3.05, 3.63) is 0 Å². The number of carboxylic acids is 1. The van der Waals surface area contributed by atoms with Gasteiger partial charge in [-0.05, 0) is 12.8 Å². The molecule has 1 fully saturated rings. The van der Waals surface area contributed by atoms with Crippen LogP contribution in [0.5, 0.6) is 0 Å². The molecule has 1 aliphatic rings. The SMILES string of the molecule is O=C(O)[C@H]1CC[C@@H](C(=O)N(CCO)CCO)O1. The van der Waals surface area contributed by atoms with Crippen LogP contribution in [0, 0.1) is 0 Å². The van der Waals surface area contributed by atoms with Crippen molar-refractivity contribution in [2.24, 2.45) is 0 Å². The van der Waals surface area contributed by atoms with Gasteiger partial charge < -0.3 is 25.0 Å². The summed E-state index contributed by atoms with van der Waals surface area (Å²) < 4.78 is 5.10. The Labute approximate surface area is 98.6 Å². The molecule has 17 heavy (non-hydrogen) atoms. The van der Waals surface area contributed by atoms with Gasteiger partial charge in [0.2, 0.25) is 0 Å². The maximum Gasteiger partial charge on any atom is 0.332 e. The van der Waals surface area contributed by atoms with Crippen LogP contribution >= 0.6 is 0 Å². The number of hydrogen-bond donors (Lipinski definition) is 3. The van der Waals surface area contributed by atoms with E-state index in [1.807, 2.05) is 0 Å². The topological polar surface area (TPSA) is 107 Å². The van der Waals surface area contributed by atoms with Crippen LogP contribution in [0.1, 0.15) is 12.8 Å². The van der Waals surface area contributed by atoms with Gasteiger partial charge >= 0.3 is 5.97 Å². The van der Waals surface area contributed by atoms with Crippen molar-refractivity contribution in [3.8, 4) is 0 Å². The number of aliphatic hydroxyl groups excluding tert-OH is 2. The van der Waals surface area contributed by atoms with E-state index in [1.165, 1.54) is 4.90 Å². The molecule has 1 saturated heterocycles. The molecule has 0 spiro atoms. The van der Waals surface area contributed by atoms with Crippen LogP contribution < -0.4 is 0 Å². The fourth-order valence-corrected chi connectivity index (χ4v) is 1.78. The maximum absolute atomic E-state index is 11.9. The van der Waals surface area contributed by atoms with Gasteiger partial charge in [0.25, 0.3) is 5.91 Å². The molecule has 0 aromatic heterocycles. The van der Waals surface area contributed by atoms with Crippen LogP contribution in [0.3, 0.4) is 0 Å². The summed E-state index contributed by atoms with van der Waals surface area (Å²) in [4.78, 5) is 23.8. The minimum absolute atomic E-state index is 0.108. The molecule has 2 atom stereocenters. The number of carboxylic acid groups (broad SMARTS) is 1. The van der Waals surface area contributed by atoms with Gasteiger partial charge in [-0.2, -0.15) is 0 Å². The first kappa shape index (κ1) is 13.9. The van der Waals surface area contributed by atoms with Gasteiger partial charge in [-0.1, -0.05) is 0 Å². The zero-order chi connectivity index (χ0) is 12.8. The molecule has 0 bridgehead atoms. The third kappa shape index (κ3) is 3.65. The Hall–Kier alpha value is -1.18. The highest BCUT2D eigenvalue weighted by Crippen LogP contribution is 2.21. The van der Waals surface area contributed by atoms with E-state index >= 15 is 0 Å². The summed E-state index contributed by atoms with van der Waals surface area (Å²) in [7, 11) is 0. The molecule has 7 heteroatoms. The lowest BCUT2D eigenvalue weighted by atomic mass is 10.2. The number of carbonyl (C=O) groups is 2. The van der Waals surface area contributed by atoms with Gasteiger partial charge in [0, 0.05) is 13.1 Å². The van der Waals surface area contributed by atoms with Crippen molar-refractivity contribution in [3.63, 3.8) is 0 Å². The third-order valence-electron chi connectivity index (χ3n) is 2.62. The molecule has 3 N–H and O–H groups in total. The summed E-state index contributed by atoms with van der Waals surface area (Å²) in [6, 6.07) is 0. The average Bonchev–Trinajstić information content (AvgIpc) is 2.77. The minimum atomic E-state index is -1.07. The van der Waals surface area contributed by atoms with Crippen LogP contribution in [0.2, 0.25) is 0 Å². The van der Waals surface area contributed by atoms with Crippen molar-refractivity contribution in [1.29, 1.82) is 0 Å². The lowest BCUT2D eigenvalue weighted by Gasteiger charge is -2.23. The van der Waals surface area contributed by atoms with Gasteiger partial charge in [-0.3, -0.25) is 4.79 Å². The first-order valence-corrected chi connectivity index (χ1v) is 5.49. The van der Waals surface area contributed by atoms with E-state index in [0.29, 0.717) is 12.8 Å². The van der Waals surface area contributed by atoms with Crippen LogP contribution in [0.25, 0.3) is 0 Å². The van der Waals surface area contributed by atoms with E-state index in [9.17, 15) is 9.59 Å². The molecule has 7 nitrogen and oxygen atoms in total. The van der Waals surface area contributed by atoms with E-state index < -0.39 is 18.2 Å². The first-order chi connectivity index (χ1) is 8.10. The molecule has 1 rings (SSSR count). The van der Waals surface area contributed by atoms with Crippen molar-refractivity contribution < 1.29 is 29.6 Å².